The number of pyridine rings is 1. The first-order valence-corrected chi connectivity index (χ1v) is 9.01. The molecule has 0 radical (unpaired) electrons. The maximum Gasteiger partial charge on any atom is 0.253 e. The second-order valence-electron chi connectivity index (χ2n) is 7.21. The Kier molecular flexibility index (Phi) is 3.63. The summed E-state index contributed by atoms with van der Waals surface area (Å²) in [5, 5.41) is 11.2. The Morgan fingerprint density at radius 2 is 1.96 bits per heavy atom. The quantitative estimate of drug-likeness (QED) is 0.681. The predicted octanol–water partition coefficient (Wildman–Crippen LogP) is 1.08. The number of piperidine rings is 1. The van der Waals surface area contributed by atoms with Crippen molar-refractivity contribution in [3.63, 3.8) is 0 Å². The fourth-order valence-electron chi connectivity index (χ4n) is 4.31. The number of aromatic nitrogens is 5. The van der Waals surface area contributed by atoms with E-state index < -0.39 is 0 Å². The molecule has 0 saturated carbocycles. The van der Waals surface area contributed by atoms with E-state index >= 15 is 0 Å². The molecule has 2 atom stereocenters. The number of likely N-dealkylation sites (tertiary alicyclic amines) is 1. The summed E-state index contributed by atoms with van der Waals surface area (Å²) in [5.41, 5.74) is 2.46. The van der Waals surface area contributed by atoms with Crippen LogP contribution >= 0.6 is 0 Å². The van der Waals surface area contributed by atoms with Gasteiger partial charge in [0.2, 0.25) is 0 Å². The molecule has 1 saturated heterocycles. The third kappa shape index (κ3) is 2.73. The van der Waals surface area contributed by atoms with Crippen molar-refractivity contribution >= 4 is 5.91 Å². The third-order valence-electron chi connectivity index (χ3n) is 5.47. The molecule has 0 spiro atoms. The highest BCUT2D eigenvalue weighted by Gasteiger charge is 2.36. The average Bonchev–Trinajstić information content (AvgIpc) is 3.23. The van der Waals surface area contributed by atoms with Crippen molar-refractivity contribution < 1.29 is 4.79 Å². The summed E-state index contributed by atoms with van der Waals surface area (Å²) in [6.45, 7) is 1.99. The highest BCUT2D eigenvalue weighted by atomic mass is 16.2. The topological polar surface area (TPSA) is 85.9 Å². The highest BCUT2D eigenvalue weighted by molar-refractivity contribution is 5.94. The number of amides is 1. The van der Waals surface area contributed by atoms with E-state index in [0.29, 0.717) is 31.1 Å². The molecule has 27 heavy (non-hydrogen) atoms. The summed E-state index contributed by atoms with van der Waals surface area (Å²) in [4.78, 5) is 27.2. The molecule has 0 unspecified atom stereocenters. The van der Waals surface area contributed by atoms with E-state index in [4.69, 9.17) is 0 Å². The fraction of sp³-hybridized carbons (Fsp3) is 0.316. The number of carbonyl (C=O) groups excluding carboxylic acids is 1. The van der Waals surface area contributed by atoms with Crippen molar-refractivity contribution in [2.75, 3.05) is 13.1 Å². The Bertz CT molecular complexity index is 1060. The van der Waals surface area contributed by atoms with Crippen molar-refractivity contribution in [1.82, 2.24) is 29.7 Å². The first kappa shape index (κ1) is 15.9. The molecule has 2 bridgehead atoms. The highest BCUT2D eigenvalue weighted by Crippen LogP contribution is 2.35. The van der Waals surface area contributed by atoms with Crippen LogP contribution in [0.25, 0.3) is 5.69 Å². The molecule has 2 aliphatic heterocycles. The minimum absolute atomic E-state index is 0.00588. The van der Waals surface area contributed by atoms with E-state index in [0.717, 1.165) is 17.8 Å². The molecule has 136 valence electrons. The normalized spacial score (nSPS) is 21.0. The first-order chi connectivity index (χ1) is 13.2. The number of tetrazole rings is 1. The van der Waals surface area contributed by atoms with Gasteiger partial charge in [-0.2, -0.15) is 0 Å². The maximum absolute atomic E-state index is 13.1. The summed E-state index contributed by atoms with van der Waals surface area (Å²) in [7, 11) is 0. The molecule has 1 fully saturated rings. The second kappa shape index (κ2) is 6.15. The van der Waals surface area contributed by atoms with Gasteiger partial charge in [0, 0.05) is 42.9 Å². The fourth-order valence-corrected chi connectivity index (χ4v) is 4.31. The Morgan fingerprint density at radius 1 is 1.07 bits per heavy atom. The lowest BCUT2D eigenvalue weighted by Crippen LogP contribution is -2.49. The average molecular weight is 362 g/mol. The molecule has 8 heteroatoms. The van der Waals surface area contributed by atoms with Gasteiger partial charge in [-0.15, -0.1) is 5.10 Å². The van der Waals surface area contributed by atoms with Gasteiger partial charge in [0.15, 0.2) is 0 Å². The van der Waals surface area contributed by atoms with Gasteiger partial charge in [-0.3, -0.25) is 9.59 Å². The van der Waals surface area contributed by atoms with Crippen LogP contribution < -0.4 is 5.56 Å². The molecular formula is C19H18N6O2. The number of fused-ring (bicyclic) bond motifs is 4. The van der Waals surface area contributed by atoms with Crippen molar-refractivity contribution in [3.8, 4) is 5.69 Å². The molecule has 0 N–H and O–H groups in total. The molecule has 8 nitrogen and oxygen atoms in total. The van der Waals surface area contributed by atoms with E-state index in [9.17, 15) is 9.59 Å². The van der Waals surface area contributed by atoms with Crippen LogP contribution in [0.4, 0.5) is 0 Å². The molecule has 1 aromatic carbocycles. The number of carbonyl (C=O) groups is 1. The maximum atomic E-state index is 13.1. The van der Waals surface area contributed by atoms with Gasteiger partial charge in [-0.05, 0) is 47.0 Å². The van der Waals surface area contributed by atoms with Crippen LogP contribution in [0.5, 0.6) is 0 Å². The molecule has 1 amide bonds. The van der Waals surface area contributed by atoms with Crippen molar-refractivity contribution in [1.29, 1.82) is 0 Å². The van der Waals surface area contributed by atoms with Crippen molar-refractivity contribution in [2.45, 2.75) is 18.9 Å². The van der Waals surface area contributed by atoms with Gasteiger partial charge < -0.3 is 9.47 Å². The van der Waals surface area contributed by atoms with E-state index in [1.54, 1.807) is 6.07 Å². The van der Waals surface area contributed by atoms with Gasteiger partial charge in [-0.1, -0.05) is 12.1 Å². The van der Waals surface area contributed by atoms with E-state index in [2.05, 4.69) is 15.5 Å². The Morgan fingerprint density at radius 3 is 2.81 bits per heavy atom. The number of rotatable bonds is 2. The molecule has 3 aromatic rings. The minimum atomic E-state index is 0.00588. The lowest BCUT2D eigenvalue weighted by Gasteiger charge is -2.42. The largest absolute Gasteiger partial charge is 0.338 e. The standard InChI is InChI=1S/C19H18N6O2/c26-18-6-2-5-17-15-7-13(10-24(17)18)9-23(11-15)19(27)14-3-1-4-16(8-14)25-12-20-21-22-25/h1-6,8,12-13,15H,7,9-11H2/t13-,15+/m1/s1. The Labute approximate surface area is 155 Å². The zero-order valence-electron chi connectivity index (χ0n) is 14.6. The van der Waals surface area contributed by atoms with Crippen LogP contribution in [0.1, 0.15) is 28.4 Å². The van der Waals surface area contributed by atoms with E-state index in [1.807, 2.05) is 45.9 Å². The Balaban J connectivity index is 1.43. The summed E-state index contributed by atoms with van der Waals surface area (Å²) >= 11 is 0. The second-order valence-corrected chi connectivity index (χ2v) is 7.21. The zero-order chi connectivity index (χ0) is 18.4. The summed E-state index contributed by atoms with van der Waals surface area (Å²) in [5.74, 6) is 0.521. The van der Waals surface area contributed by atoms with Crippen LogP contribution in [0.3, 0.4) is 0 Å². The SMILES string of the molecule is O=C(c1cccc(-n2cnnn2)c1)N1C[C@H]2C[C@@H](C1)c1cccc(=O)n1C2. The van der Waals surface area contributed by atoms with Crippen molar-refractivity contribution in [2.24, 2.45) is 5.92 Å². The lowest BCUT2D eigenvalue weighted by molar-refractivity contribution is 0.0594. The number of hydrogen-bond acceptors (Lipinski definition) is 5. The number of nitrogens with zero attached hydrogens (tertiary/aromatic N) is 6. The molecule has 0 aliphatic carbocycles. The first-order valence-electron chi connectivity index (χ1n) is 9.01. The summed E-state index contributed by atoms with van der Waals surface area (Å²) in [6, 6.07) is 12.8. The molecule has 2 aromatic heterocycles. The summed E-state index contributed by atoms with van der Waals surface area (Å²) < 4.78 is 3.41. The van der Waals surface area contributed by atoms with Crippen LogP contribution in [0, 0.1) is 5.92 Å². The van der Waals surface area contributed by atoms with Gasteiger partial charge in [0.05, 0.1) is 5.69 Å². The van der Waals surface area contributed by atoms with E-state index in [1.165, 1.54) is 11.0 Å². The molecule has 5 rings (SSSR count). The van der Waals surface area contributed by atoms with E-state index in [-0.39, 0.29) is 17.4 Å². The number of benzene rings is 1. The molecule has 2 aliphatic rings. The minimum Gasteiger partial charge on any atom is -0.338 e. The Hall–Kier alpha value is -3.29. The predicted molar refractivity (Wildman–Crippen MR) is 96.6 cm³/mol. The molecular weight excluding hydrogens is 344 g/mol. The number of hydrogen-bond donors (Lipinski definition) is 0. The van der Waals surface area contributed by atoms with Crippen LogP contribution in [0.2, 0.25) is 0 Å². The van der Waals surface area contributed by atoms with Gasteiger partial charge in [0.1, 0.15) is 6.33 Å². The van der Waals surface area contributed by atoms with Crippen LogP contribution in [-0.4, -0.2) is 48.7 Å². The third-order valence-corrected chi connectivity index (χ3v) is 5.47. The van der Waals surface area contributed by atoms with Crippen LogP contribution in [0.15, 0.2) is 53.6 Å². The van der Waals surface area contributed by atoms with Gasteiger partial charge >= 0.3 is 0 Å². The molecule has 4 heterocycles. The van der Waals surface area contributed by atoms with Crippen LogP contribution in [-0.2, 0) is 6.54 Å². The zero-order valence-corrected chi connectivity index (χ0v) is 14.6. The lowest BCUT2D eigenvalue weighted by atomic mass is 9.83. The van der Waals surface area contributed by atoms with Crippen molar-refractivity contribution in [3.05, 3.63) is 70.4 Å². The smallest absolute Gasteiger partial charge is 0.253 e. The van der Waals surface area contributed by atoms with Gasteiger partial charge in [0.25, 0.3) is 11.5 Å². The summed E-state index contributed by atoms with van der Waals surface area (Å²) in [6.07, 6.45) is 2.53. The monoisotopic (exact) mass is 362 g/mol. The van der Waals surface area contributed by atoms with Gasteiger partial charge in [-0.25, -0.2) is 4.68 Å².